The molecule has 2 saturated heterocycles. The molecule has 0 spiro atoms. The maximum atomic E-state index is 14.4. The Morgan fingerprint density at radius 3 is 2.50 bits per heavy atom. The van der Waals surface area contributed by atoms with E-state index >= 15 is 0 Å². The Morgan fingerprint density at radius 2 is 1.82 bits per heavy atom. The van der Waals surface area contributed by atoms with Crippen LogP contribution in [0.1, 0.15) is 31.6 Å². The normalized spacial score (nSPS) is 17.2. The molecule has 0 aliphatic carbocycles. The molecule has 0 unspecified atom stereocenters. The van der Waals surface area contributed by atoms with Crippen LogP contribution in [0.15, 0.2) is 18.2 Å². The molecule has 182 valence electrons. The Balaban J connectivity index is 0.00000274. The standard InChI is InChI=1S/C23H26ClFN6O2.ClH/c1-14-26-22(30-10-8-29(9-11-30)15(2)32)20-23(27-14)31(16-6-12-33-13-7-16)21(28-20)17-4-3-5-18(25)19(17)24;/h3-5,16H,6-13H2,1-2H3;1H. The molecule has 5 rings (SSSR count). The van der Waals surface area contributed by atoms with Gasteiger partial charge in [-0.1, -0.05) is 17.7 Å². The Bertz CT molecular complexity index is 1210. The van der Waals surface area contributed by atoms with Gasteiger partial charge in [0.25, 0.3) is 0 Å². The number of aromatic nitrogens is 4. The van der Waals surface area contributed by atoms with Crippen LogP contribution < -0.4 is 4.90 Å². The van der Waals surface area contributed by atoms with Crippen LogP contribution >= 0.6 is 24.0 Å². The quantitative estimate of drug-likeness (QED) is 0.531. The largest absolute Gasteiger partial charge is 0.381 e. The number of carbonyl (C=O) groups excluding carboxylic acids is 1. The molecule has 11 heteroatoms. The number of ether oxygens (including phenoxy) is 1. The van der Waals surface area contributed by atoms with Crippen molar-refractivity contribution in [2.24, 2.45) is 0 Å². The lowest BCUT2D eigenvalue weighted by atomic mass is 10.1. The summed E-state index contributed by atoms with van der Waals surface area (Å²) in [5.41, 5.74) is 1.92. The zero-order valence-electron chi connectivity index (χ0n) is 19.1. The minimum atomic E-state index is -0.484. The number of anilines is 1. The molecule has 0 bridgehead atoms. The molecule has 1 aromatic carbocycles. The number of hydrogen-bond acceptors (Lipinski definition) is 6. The lowest BCUT2D eigenvalue weighted by Crippen LogP contribution is -2.48. The highest BCUT2D eigenvalue weighted by atomic mass is 35.5. The third kappa shape index (κ3) is 4.44. The molecule has 1 amide bonds. The van der Waals surface area contributed by atoms with Crippen LogP contribution in [0.25, 0.3) is 22.6 Å². The first-order valence-corrected chi connectivity index (χ1v) is 11.6. The average Bonchev–Trinajstić information content (AvgIpc) is 3.20. The van der Waals surface area contributed by atoms with E-state index < -0.39 is 5.82 Å². The summed E-state index contributed by atoms with van der Waals surface area (Å²) in [6.45, 7) is 7.32. The van der Waals surface area contributed by atoms with Gasteiger partial charge in [-0.3, -0.25) is 4.79 Å². The van der Waals surface area contributed by atoms with Gasteiger partial charge < -0.3 is 19.1 Å². The SMILES string of the molecule is CC(=O)N1CCN(c2nc(C)nc3c2nc(-c2cccc(F)c2Cl)n3C2CCOCC2)CC1.Cl. The molecule has 0 atom stereocenters. The number of aryl methyl sites for hydroxylation is 1. The molecule has 0 N–H and O–H groups in total. The van der Waals surface area contributed by atoms with E-state index in [4.69, 9.17) is 31.3 Å². The highest BCUT2D eigenvalue weighted by molar-refractivity contribution is 6.33. The predicted octanol–water partition coefficient (Wildman–Crippen LogP) is 4.04. The second-order valence-corrected chi connectivity index (χ2v) is 8.89. The van der Waals surface area contributed by atoms with Gasteiger partial charge in [0.15, 0.2) is 17.0 Å². The maximum absolute atomic E-state index is 14.4. The van der Waals surface area contributed by atoms with Gasteiger partial charge in [0.05, 0.1) is 5.02 Å². The van der Waals surface area contributed by atoms with Crippen LogP contribution in [-0.4, -0.2) is 69.7 Å². The first kappa shape index (κ1) is 24.6. The number of halogens is 3. The van der Waals surface area contributed by atoms with Gasteiger partial charge in [-0.05, 0) is 31.9 Å². The van der Waals surface area contributed by atoms with Crippen LogP contribution in [0, 0.1) is 12.7 Å². The number of piperazine rings is 1. The number of amides is 1. The summed E-state index contributed by atoms with van der Waals surface area (Å²) in [7, 11) is 0. The third-order valence-electron chi connectivity index (χ3n) is 6.41. The fourth-order valence-corrected chi connectivity index (χ4v) is 4.89. The predicted molar refractivity (Wildman–Crippen MR) is 131 cm³/mol. The summed E-state index contributed by atoms with van der Waals surface area (Å²) in [4.78, 5) is 30.2. The van der Waals surface area contributed by atoms with Crippen molar-refractivity contribution in [3.05, 3.63) is 34.9 Å². The lowest BCUT2D eigenvalue weighted by Gasteiger charge is -2.35. The van der Waals surface area contributed by atoms with E-state index in [1.165, 1.54) is 6.07 Å². The van der Waals surface area contributed by atoms with Gasteiger partial charge in [0, 0.05) is 57.9 Å². The average molecular weight is 509 g/mol. The Morgan fingerprint density at radius 1 is 1.12 bits per heavy atom. The van der Waals surface area contributed by atoms with E-state index in [0.29, 0.717) is 67.8 Å². The van der Waals surface area contributed by atoms with E-state index in [9.17, 15) is 9.18 Å². The number of benzene rings is 1. The van der Waals surface area contributed by atoms with Crippen LogP contribution in [0.4, 0.5) is 10.2 Å². The van der Waals surface area contributed by atoms with Crippen molar-refractivity contribution in [1.29, 1.82) is 0 Å². The molecular weight excluding hydrogens is 482 g/mol. The number of imidazole rings is 1. The van der Waals surface area contributed by atoms with Crippen LogP contribution in [0.3, 0.4) is 0 Å². The monoisotopic (exact) mass is 508 g/mol. The summed E-state index contributed by atoms with van der Waals surface area (Å²) in [5, 5.41) is 0.0439. The second kappa shape index (κ2) is 10.0. The first-order chi connectivity index (χ1) is 15.9. The summed E-state index contributed by atoms with van der Waals surface area (Å²) < 4.78 is 22.0. The fraction of sp³-hybridized carbons (Fsp3) is 0.478. The lowest BCUT2D eigenvalue weighted by molar-refractivity contribution is -0.129. The van der Waals surface area contributed by atoms with Crippen molar-refractivity contribution in [1.82, 2.24) is 24.4 Å². The van der Waals surface area contributed by atoms with Crippen molar-refractivity contribution in [2.45, 2.75) is 32.7 Å². The number of rotatable bonds is 3. The van der Waals surface area contributed by atoms with Gasteiger partial charge in [0.1, 0.15) is 17.5 Å². The van der Waals surface area contributed by atoms with Gasteiger partial charge in [-0.15, -0.1) is 12.4 Å². The van der Waals surface area contributed by atoms with Crippen LogP contribution in [0.2, 0.25) is 5.02 Å². The minimum absolute atomic E-state index is 0. The highest BCUT2D eigenvalue weighted by Gasteiger charge is 2.29. The van der Waals surface area contributed by atoms with Gasteiger partial charge in [-0.2, -0.15) is 0 Å². The number of hydrogen-bond donors (Lipinski definition) is 0. The van der Waals surface area contributed by atoms with E-state index in [1.54, 1.807) is 19.1 Å². The fourth-order valence-electron chi connectivity index (χ4n) is 4.67. The van der Waals surface area contributed by atoms with E-state index in [1.807, 2.05) is 11.8 Å². The number of nitrogens with zero attached hydrogens (tertiary/aromatic N) is 6. The second-order valence-electron chi connectivity index (χ2n) is 8.51. The van der Waals surface area contributed by atoms with Gasteiger partial charge in [0.2, 0.25) is 5.91 Å². The van der Waals surface area contributed by atoms with E-state index in [0.717, 1.165) is 18.7 Å². The summed E-state index contributed by atoms with van der Waals surface area (Å²) in [5.74, 6) is 1.55. The number of carbonyl (C=O) groups is 1. The van der Waals surface area contributed by atoms with Crippen molar-refractivity contribution in [2.75, 3.05) is 44.3 Å². The minimum Gasteiger partial charge on any atom is -0.381 e. The van der Waals surface area contributed by atoms with Crippen LogP contribution in [0.5, 0.6) is 0 Å². The molecule has 4 heterocycles. The zero-order valence-corrected chi connectivity index (χ0v) is 20.7. The molecule has 8 nitrogen and oxygen atoms in total. The van der Waals surface area contributed by atoms with Crippen molar-refractivity contribution >= 4 is 46.9 Å². The van der Waals surface area contributed by atoms with Crippen molar-refractivity contribution < 1.29 is 13.9 Å². The molecule has 34 heavy (non-hydrogen) atoms. The Labute approximate surface area is 208 Å². The van der Waals surface area contributed by atoms with Crippen LogP contribution in [-0.2, 0) is 9.53 Å². The van der Waals surface area contributed by atoms with Crippen molar-refractivity contribution in [3.63, 3.8) is 0 Å². The Kier molecular flexibility index (Phi) is 7.25. The molecule has 2 aliphatic heterocycles. The molecular formula is C23H27Cl2FN6O2. The molecule has 0 saturated carbocycles. The first-order valence-electron chi connectivity index (χ1n) is 11.2. The molecule has 0 radical (unpaired) electrons. The zero-order chi connectivity index (χ0) is 23.1. The summed E-state index contributed by atoms with van der Waals surface area (Å²) in [6, 6.07) is 4.88. The maximum Gasteiger partial charge on any atom is 0.219 e. The van der Waals surface area contributed by atoms with E-state index in [-0.39, 0.29) is 29.4 Å². The molecule has 2 aliphatic rings. The third-order valence-corrected chi connectivity index (χ3v) is 6.79. The topological polar surface area (TPSA) is 76.4 Å². The Hall–Kier alpha value is -2.49. The summed E-state index contributed by atoms with van der Waals surface area (Å²) in [6.07, 6.45) is 1.61. The van der Waals surface area contributed by atoms with E-state index in [2.05, 4.69) is 9.47 Å². The highest BCUT2D eigenvalue weighted by Crippen LogP contribution is 2.38. The molecule has 2 aromatic heterocycles. The summed E-state index contributed by atoms with van der Waals surface area (Å²) >= 11 is 6.39. The smallest absolute Gasteiger partial charge is 0.219 e. The number of fused-ring (bicyclic) bond motifs is 1. The molecule has 3 aromatic rings. The van der Waals surface area contributed by atoms with Gasteiger partial charge in [-0.25, -0.2) is 19.3 Å². The molecule has 2 fully saturated rings. The van der Waals surface area contributed by atoms with Gasteiger partial charge >= 0.3 is 0 Å². The van der Waals surface area contributed by atoms with Crippen molar-refractivity contribution in [3.8, 4) is 11.4 Å².